The van der Waals surface area contributed by atoms with E-state index in [-0.39, 0.29) is 12.3 Å². The van der Waals surface area contributed by atoms with Gasteiger partial charge in [-0.15, -0.1) is 0 Å². The number of aryl methyl sites for hydroxylation is 1. The van der Waals surface area contributed by atoms with E-state index < -0.39 is 5.97 Å². The number of para-hydroxylation sites is 1. The number of hydrogen-bond acceptors (Lipinski definition) is 2. The minimum absolute atomic E-state index is 0.199. The number of carboxylic acids is 1. The molecule has 0 amide bonds. The summed E-state index contributed by atoms with van der Waals surface area (Å²) in [5, 5.41) is 8.85. The number of rotatable bonds is 7. The van der Waals surface area contributed by atoms with Crippen LogP contribution in [0.4, 0.5) is 5.69 Å². The van der Waals surface area contributed by atoms with E-state index >= 15 is 0 Å². The van der Waals surface area contributed by atoms with Crippen molar-refractivity contribution in [3.8, 4) is 11.1 Å². The standard InChI is InChI=1S/C20H25NO2/c1-15(13-20(22)23)11-12-16-7-6-8-17(14-16)18-9-4-5-10-19(18)21(2)3/h4-10,14-15H,11-13H2,1-3H3,(H,22,23). The van der Waals surface area contributed by atoms with Crippen molar-refractivity contribution in [2.75, 3.05) is 19.0 Å². The highest BCUT2D eigenvalue weighted by Gasteiger charge is 2.09. The first-order valence-electron chi connectivity index (χ1n) is 8.05. The quantitative estimate of drug-likeness (QED) is 0.820. The molecule has 0 fully saturated rings. The van der Waals surface area contributed by atoms with Crippen LogP contribution in [0.25, 0.3) is 11.1 Å². The molecule has 0 spiro atoms. The first kappa shape index (κ1) is 17.1. The molecule has 0 saturated heterocycles. The van der Waals surface area contributed by atoms with Gasteiger partial charge in [-0.25, -0.2) is 0 Å². The van der Waals surface area contributed by atoms with Gasteiger partial charge in [0.1, 0.15) is 0 Å². The van der Waals surface area contributed by atoms with Gasteiger partial charge >= 0.3 is 5.97 Å². The van der Waals surface area contributed by atoms with E-state index in [4.69, 9.17) is 5.11 Å². The lowest BCUT2D eigenvalue weighted by Gasteiger charge is -2.18. The van der Waals surface area contributed by atoms with Gasteiger partial charge in [0.25, 0.3) is 0 Å². The predicted molar refractivity (Wildman–Crippen MR) is 95.9 cm³/mol. The summed E-state index contributed by atoms with van der Waals surface area (Å²) in [4.78, 5) is 12.9. The lowest BCUT2D eigenvalue weighted by atomic mass is 9.95. The maximum Gasteiger partial charge on any atom is 0.303 e. The molecule has 0 saturated carbocycles. The molecule has 1 unspecified atom stereocenters. The van der Waals surface area contributed by atoms with Gasteiger partial charge in [-0.05, 0) is 36.0 Å². The number of nitrogens with zero attached hydrogens (tertiary/aromatic N) is 1. The van der Waals surface area contributed by atoms with Crippen LogP contribution in [0.2, 0.25) is 0 Å². The van der Waals surface area contributed by atoms with Crippen molar-refractivity contribution < 1.29 is 9.90 Å². The van der Waals surface area contributed by atoms with Crippen LogP contribution in [-0.2, 0) is 11.2 Å². The molecule has 1 atom stereocenters. The molecule has 122 valence electrons. The predicted octanol–water partition coefficient (Wildman–Crippen LogP) is 4.46. The Bertz CT molecular complexity index is 664. The number of carboxylic acid groups (broad SMARTS) is 1. The second-order valence-corrected chi connectivity index (χ2v) is 6.35. The molecule has 3 heteroatoms. The monoisotopic (exact) mass is 311 g/mol. The zero-order chi connectivity index (χ0) is 16.8. The molecule has 0 aliphatic heterocycles. The number of anilines is 1. The first-order chi connectivity index (χ1) is 11.0. The van der Waals surface area contributed by atoms with Gasteiger partial charge in [0, 0.05) is 31.8 Å². The summed E-state index contributed by atoms with van der Waals surface area (Å²) < 4.78 is 0. The zero-order valence-corrected chi connectivity index (χ0v) is 14.1. The van der Waals surface area contributed by atoms with E-state index in [9.17, 15) is 4.79 Å². The van der Waals surface area contributed by atoms with Crippen LogP contribution in [0.1, 0.15) is 25.3 Å². The molecule has 0 heterocycles. The summed E-state index contributed by atoms with van der Waals surface area (Å²) >= 11 is 0. The Balaban J connectivity index is 2.16. The topological polar surface area (TPSA) is 40.5 Å². The molecular formula is C20H25NO2. The number of benzene rings is 2. The number of hydrogen-bond donors (Lipinski definition) is 1. The first-order valence-corrected chi connectivity index (χ1v) is 8.05. The van der Waals surface area contributed by atoms with Crippen LogP contribution in [0.15, 0.2) is 48.5 Å². The third-order valence-corrected chi connectivity index (χ3v) is 4.07. The smallest absolute Gasteiger partial charge is 0.303 e. The molecule has 2 aromatic rings. The zero-order valence-electron chi connectivity index (χ0n) is 14.1. The van der Waals surface area contributed by atoms with Crippen LogP contribution >= 0.6 is 0 Å². The van der Waals surface area contributed by atoms with Crippen LogP contribution in [-0.4, -0.2) is 25.2 Å². The lowest BCUT2D eigenvalue weighted by Crippen LogP contribution is -2.09. The molecule has 0 aliphatic rings. The summed E-state index contributed by atoms with van der Waals surface area (Å²) in [6.07, 6.45) is 2.04. The van der Waals surface area contributed by atoms with Crippen molar-refractivity contribution in [1.82, 2.24) is 0 Å². The Morgan fingerprint density at radius 3 is 2.57 bits per heavy atom. The van der Waals surface area contributed by atoms with Crippen molar-refractivity contribution >= 4 is 11.7 Å². The second kappa shape index (κ2) is 7.82. The molecule has 1 N–H and O–H groups in total. The highest BCUT2D eigenvalue weighted by atomic mass is 16.4. The van der Waals surface area contributed by atoms with Crippen molar-refractivity contribution in [1.29, 1.82) is 0 Å². The van der Waals surface area contributed by atoms with Gasteiger partial charge in [0.05, 0.1) is 0 Å². The Hall–Kier alpha value is -2.29. The molecule has 2 aromatic carbocycles. The van der Waals surface area contributed by atoms with E-state index in [2.05, 4.69) is 67.5 Å². The second-order valence-electron chi connectivity index (χ2n) is 6.35. The Morgan fingerprint density at radius 2 is 1.87 bits per heavy atom. The third-order valence-electron chi connectivity index (χ3n) is 4.07. The minimum atomic E-state index is -0.717. The summed E-state index contributed by atoms with van der Waals surface area (Å²) in [7, 11) is 4.10. The maximum atomic E-state index is 10.8. The van der Waals surface area contributed by atoms with E-state index in [0.717, 1.165) is 12.8 Å². The Labute approximate surface area is 138 Å². The molecule has 0 radical (unpaired) electrons. The van der Waals surface area contributed by atoms with E-state index in [0.29, 0.717) is 0 Å². The Morgan fingerprint density at radius 1 is 1.13 bits per heavy atom. The van der Waals surface area contributed by atoms with Crippen LogP contribution in [0.5, 0.6) is 0 Å². The minimum Gasteiger partial charge on any atom is -0.481 e. The van der Waals surface area contributed by atoms with E-state index in [1.807, 2.05) is 6.92 Å². The molecule has 23 heavy (non-hydrogen) atoms. The highest BCUT2D eigenvalue weighted by Crippen LogP contribution is 2.30. The lowest BCUT2D eigenvalue weighted by molar-refractivity contribution is -0.138. The Kier molecular flexibility index (Phi) is 5.80. The molecule has 2 rings (SSSR count). The molecule has 3 nitrogen and oxygen atoms in total. The summed E-state index contributed by atoms with van der Waals surface area (Å²) in [5.41, 5.74) is 4.88. The normalized spacial score (nSPS) is 12.0. The average Bonchev–Trinajstić information content (AvgIpc) is 2.52. The van der Waals surface area contributed by atoms with E-state index in [1.54, 1.807) is 0 Å². The fraction of sp³-hybridized carbons (Fsp3) is 0.350. The maximum absolute atomic E-state index is 10.8. The summed E-state index contributed by atoms with van der Waals surface area (Å²) in [5.74, 6) is -0.517. The average molecular weight is 311 g/mol. The van der Waals surface area contributed by atoms with E-state index in [1.165, 1.54) is 22.4 Å². The third kappa shape index (κ3) is 4.85. The summed E-state index contributed by atoms with van der Waals surface area (Å²) in [6.45, 7) is 2.00. The summed E-state index contributed by atoms with van der Waals surface area (Å²) in [6, 6.07) is 16.9. The van der Waals surface area contributed by atoms with Crippen LogP contribution in [0, 0.1) is 5.92 Å². The SMILES string of the molecule is CC(CCc1cccc(-c2ccccc2N(C)C)c1)CC(=O)O. The van der Waals surface area contributed by atoms with Gasteiger partial charge in [0.15, 0.2) is 0 Å². The van der Waals surface area contributed by atoms with Crippen molar-refractivity contribution in [2.45, 2.75) is 26.2 Å². The van der Waals surface area contributed by atoms with Gasteiger partial charge in [-0.2, -0.15) is 0 Å². The highest BCUT2D eigenvalue weighted by molar-refractivity contribution is 5.78. The molecule has 0 bridgehead atoms. The fourth-order valence-electron chi connectivity index (χ4n) is 2.82. The van der Waals surface area contributed by atoms with Gasteiger partial charge in [0.2, 0.25) is 0 Å². The van der Waals surface area contributed by atoms with Crippen molar-refractivity contribution in [3.63, 3.8) is 0 Å². The molecule has 0 aromatic heterocycles. The van der Waals surface area contributed by atoms with Gasteiger partial charge < -0.3 is 10.0 Å². The van der Waals surface area contributed by atoms with Gasteiger partial charge in [-0.3, -0.25) is 4.79 Å². The van der Waals surface area contributed by atoms with Crippen LogP contribution in [0.3, 0.4) is 0 Å². The molecule has 0 aliphatic carbocycles. The van der Waals surface area contributed by atoms with Gasteiger partial charge in [-0.1, -0.05) is 49.4 Å². The van der Waals surface area contributed by atoms with Crippen molar-refractivity contribution in [2.24, 2.45) is 5.92 Å². The number of carbonyl (C=O) groups is 1. The molecular weight excluding hydrogens is 286 g/mol. The van der Waals surface area contributed by atoms with Crippen LogP contribution < -0.4 is 4.90 Å². The fourth-order valence-corrected chi connectivity index (χ4v) is 2.82. The largest absolute Gasteiger partial charge is 0.481 e. The number of aliphatic carboxylic acids is 1. The van der Waals surface area contributed by atoms with Crippen molar-refractivity contribution in [3.05, 3.63) is 54.1 Å².